The van der Waals surface area contributed by atoms with Crippen LogP contribution >= 0.6 is 0 Å². The van der Waals surface area contributed by atoms with Gasteiger partial charge in [0.05, 0.1) is 17.5 Å². The molecule has 2 aliphatic rings. The Hall–Kier alpha value is -1.94. The second-order valence-electron chi connectivity index (χ2n) is 6.84. The Morgan fingerprint density at radius 1 is 1.38 bits per heavy atom. The fourth-order valence-corrected chi connectivity index (χ4v) is 5.22. The lowest BCUT2D eigenvalue weighted by atomic mass is 10.1. The van der Waals surface area contributed by atoms with Gasteiger partial charge in [0, 0.05) is 25.7 Å². The van der Waals surface area contributed by atoms with E-state index in [-0.39, 0.29) is 30.8 Å². The first-order chi connectivity index (χ1) is 12.2. The van der Waals surface area contributed by atoms with E-state index < -0.39 is 22.0 Å². The van der Waals surface area contributed by atoms with Crippen LogP contribution in [0.5, 0.6) is 0 Å². The van der Waals surface area contributed by atoms with Gasteiger partial charge in [-0.2, -0.15) is 0 Å². The average molecular weight is 384 g/mol. The van der Waals surface area contributed by atoms with Crippen molar-refractivity contribution in [1.82, 2.24) is 19.7 Å². The molecule has 1 aromatic heterocycles. The normalized spacial score (nSPS) is 25.8. The highest BCUT2D eigenvalue weighted by Gasteiger charge is 2.45. The molecular formula is C16H24N4O5S. The first kappa shape index (κ1) is 18.8. The Morgan fingerprint density at radius 2 is 2.12 bits per heavy atom. The molecule has 2 amide bonds. The number of carbonyl (C=O) groups excluding carboxylic acids is 2. The van der Waals surface area contributed by atoms with Crippen LogP contribution in [0.25, 0.3) is 0 Å². The summed E-state index contributed by atoms with van der Waals surface area (Å²) in [7, 11) is -3.57. The van der Waals surface area contributed by atoms with Crippen LogP contribution in [0.1, 0.15) is 41.6 Å². The zero-order valence-electron chi connectivity index (χ0n) is 15.2. The Labute approximate surface area is 152 Å². The second kappa shape index (κ2) is 6.99. The van der Waals surface area contributed by atoms with E-state index in [2.05, 4.69) is 10.5 Å². The van der Waals surface area contributed by atoms with Crippen LogP contribution < -0.4 is 5.32 Å². The van der Waals surface area contributed by atoms with E-state index in [1.54, 1.807) is 13.8 Å². The molecule has 1 aromatic rings. The Kier molecular flexibility index (Phi) is 5.07. The fraction of sp³-hybridized carbons (Fsp3) is 0.688. The Balaban J connectivity index is 1.73. The van der Waals surface area contributed by atoms with E-state index in [0.29, 0.717) is 36.4 Å². The van der Waals surface area contributed by atoms with Crippen molar-refractivity contribution in [3.05, 3.63) is 17.0 Å². The lowest BCUT2D eigenvalue weighted by Gasteiger charge is -2.23. The molecule has 2 fully saturated rings. The number of nitrogens with one attached hydrogen (secondary N) is 1. The fourth-order valence-electron chi connectivity index (χ4n) is 3.68. The van der Waals surface area contributed by atoms with Crippen LogP contribution in [-0.2, 0) is 14.8 Å². The predicted octanol–water partition coefficient (Wildman–Crippen LogP) is 0.0461. The predicted molar refractivity (Wildman–Crippen MR) is 93.0 cm³/mol. The minimum absolute atomic E-state index is 0.0836. The number of rotatable bonds is 4. The van der Waals surface area contributed by atoms with Crippen LogP contribution in [0.4, 0.5) is 0 Å². The monoisotopic (exact) mass is 384 g/mol. The number of hydrogen-bond acceptors (Lipinski definition) is 7. The third-order valence-electron chi connectivity index (χ3n) is 4.93. The summed E-state index contributed by atoms with van der Waals surface area (Å²) < 4.78 is 30.7. The van der Waals surface area contributed by atoms with Gasteiger partial charge in [0.1, 0.15) is 11.3 Å². The standard InChI is InChI=1S/C16H24N4O5S/c1-4-5-20-16(22)13-8-12(9-19(13)6-7-26(20,23)24)17-15(21)14-10(2)18-25-11(14)3/h12-13H,4-9H2,1-3H3,(H,17,21)/t12-,13-/m0/s1. The topological polar surface area (TPSA) is 113 Å². The highest BCUT2D eigenvalue weighted by Crippen LogP contribution is 2.25. The molecule has 0 aliphatic carbocycles. The third kappa shape index (κ3) is 3.35. The van der Waals surface area contributed by atoms with Gasteiger partial charge in [0.25, 0.3) is 11.8 Å². The van der Waals surface area contributed by atoms with Gasteiger partial charge in [-0.3, -0.25) is 14.5 Å². The summed E-state index contributed by atoms with van der Waals surface area (Å²) in [6.07, 6.45) is 0.966. The minimum atomic E-state index is -3.57. The smallest absolute Gasteiger partial charge is 0.257 e. The number of hydrogen-bond donors (Lipinski definition) is 1. The Bertz CT molecular complexity index is 799. The van der Waals surface area contributed by atoms with Gasteiger partial charge in [-0.15, -0.1) is 0 Å². The van der Waals surface area contributed by atoms with E-state index in [4.69, 9.17) is 4.52 Å². The zero-order chi connectivity index (χ0) is 19.1. The van der Waals surface area contributed by atoms with Crippen LogP contribution in [-0.4, -0.2) is 72.1 Å². The highest BCUT2D eigenvalue weighted by atomic mass is 32.2. The number of aromatic nitrogens is 1. The summed E-state index contributed by atoms with van der Waals surface area (Å²) in [6.45, 7) is 6.14. The number of fused-ring (bicyclic) bond motifs is 1. The maximum Gasteiger partial charge on any atom is 0.257 e. The molecule has 0 spiro atoms. The molecule has 3 rings (SSSR count). The largest absolute Gasteiger partial charge is 0.361 e. The molecule has 26 heavy (non-hydrogen) atoms. The van der Waals surface area contributed by atoms with Gasteiger partial charge in [-0.1, -0.05) is 12.1 Å². The van der Waals surface area contributed by atoms with E-state index in [0.717, 1.165) is 4.31 Å². The molecular weight excluding hydrogens is 360 g/mol. The molecule has 1 N–H and O–H groups in total. The number of carbonyl (C=O) groups is 2. The summed E-state index contributed by atoms with van der Waals surface area (Å²) in [5.41, 5.74) is 0.928. The highest BCUT2D eigenvalue weighted by molar-refractivity contribution is 7.89. The van der Waals surface area contributed by atoms with Crippen molar-refractivity contribution in [2.75, 3.05) is 25.4 Å². The quantitative estimate of drug-likeness (QED) is 0.780. The minimum Gasteiger partial charge on any atom is -0.361 e. The van der Waals surface area contributed by atoms with Gasteiger partial charge in [-0.05, 0) is 26.7 Å². The molecule has 0 aromatic carbocycles. The van der Waals surface area contributed by atoms with Crippen molar-refractivity contribution in [1.29, 1.82) is 0 Å². The maximum atomic E-state index is 12.8. The van der Waals surface area contributed by atoms with E-state index in [1.165, 1.54) is 0 Å². The number of nitrogens with zero attached hydrogens (tertiary/aromatic N) is 3. The summed E-state index contributed by atoms with van der Waals surface area (Å²) in [5, 5.41) is 6.71. The zero-order valence-corrected chi connectivity index (χ0v) is 16.0. The first-order valence-electron chi connectivity index (χ1n) is 8.76. The molecule has 0 bridgehead atoms. The summed E-state index contributed by atoms with van der Waals surface area (Å²) in [5.74, 6) is -0.309. The third-order valence-corrected chi connectivity index (χ3v) is 6.66. The van der Waals surface area contributed by atoms with Gasteiger partial charge in [0.2, 0.25) is 10.0 Å². The lowest BCUT2D eigenvalue weighted by molar-refractivity contribution is -0.130. The molecule has 10 heteroatoms. The number of sulfonamides is 1. The van der Waals surface area contributed by atoms with Crippen molar-refractivity contribution in [2.45, 2.75) is 45.7 Å². The van der Waals surface area contributed by atoms with Crippen molar-refractivity contribution >= 4 is 21.8 Å². The van der Waals surface area contributed by atoms with Gasteiger partial charge in [-0.25, -0.2) is 12.7 Å². The summed E-state index contributed by atoms with van der Waals surface area (Å²) in [4.78, 5) is 27.1. The Morgan fingerprint density at radius 3 is 2.73 bits per heavy atom. The van der Waals surface area contributed by atoms with Crippen LogP contribution in [0, 0.1) is 13.8 Å². The lowest BCUT2D eigenvalue weighted by Crippen LogP contribution is -2.44. The molecule has 2 atom stereocenters. The average Bonchev–Trinajstić information content (AvgIpc) is 3.10. The summed E-state index contributed by atoms with van der Waals surface area (Å²) in [6, 6.07) is -0.747. The van der Waals surface area contributed by atoms with Crippen LogP contribution in [0.2, 0.25) is 0 Å². The number of amides is 2. The van der Waals surface area contributed by atoms with E-state index in [1.807, 2.05) is 11.8 Å². The molecule has 144 valence electrons. The van der Waals surface area contributed by atoms with Gasteiger partial charge < -0.3 is 9.84 Å². The van der Waals surface area contributed by atoms with Crippen molar-refractivity contribution in [3.8, 4) is 0 Å². The number of aryl methyl sites for hydroxylation is 2. The molecule has 0 saturated carbocycles. The van der Waals surface area contributed by atoms with Gasteiger partial charge >= 0.3 is 0 Å². The first-order valence-corrected chi connectivity index (χ1v) is 10.4. The van der Waals surface area contributed by atoms with Crippen LogP contribution in [0.15, 0.2) is 4.52 Å². The molecule has 2 aliphatic heterocycles. The molecule has 0 unspecified atom stereocenters. The second-order valence-corrected chi connectivity index (χ2v) is 8.86. The maximum absolute atomic E-state index is 12.8. The van der Waals surface area contributed by atoms with Crippen molar-refractivity contribution in [3.63, 3.8) is 0 Å². The van der Waals surface area contributed by atoms with Crippen LogP contribution in [0.3, 0.4) is 0 Å². The van der Waals surface area contributed by atoms with Crippen molar-refractivity contribution in [2.24, 2.45) is 0 Å². The van der Waals surface area contributed by atoms with E-state index >= 15 is 0 Å². The molecule has 9 nitrogen and oxygen atoms in total. The summed E-state index contributed by atoms with van der Waals surface area (Å²) >= 11 is 0. The van der Waals surface area contributed by atoms with Gasteiger partial charge in [0.15, 0.2) is 0 Å². The molecule has 2 saturated heterocycles. The molecule has 3 heterocycles. The van der Waals surface area contributed by atoms with E-state index in [9.17, 15) is 18.0 Å². The van der Waals surface area contributed by atoms with Crippen molar-refractivity contribution < 1.29 is 22.5 Å². The molecule has 0 radical (unpaired) electrons. The SMILES string of the molecule is CCCN1C(=O)[C@@H]2C[C@H](NC(=O)c3c(C)noc3C)CN2CCS1(=O)=O.